The number of aliphatic hydroxyl groups is 1. The van der Waals surface area contributed by atoms with Crippen LogP contribution in [0.25, 0.3) is 0 Å². The van der Waals surface area contributed by atoms with Crippen molar-refractivity contribution in [3.63, 3.8) is 0 Å². The Morgan fingerprint density at radius 1 is 1.03 bits per heavy atom. The van der Waals surface area contributed by atoms with E-state index in [1.807, 2.05) is 0 Å². The number of carboxylic acids is 1. The van der Waals surface area contributed by atoms with E-state index in [0.717, 1.165) is 30.6 Å². The molecule has 5 rings (SSSR count). The lowest BCUT2D eigenvalue weighted by Crippen LogP contribution is -2.54. The van der Waals surface area contributed by atoms with Gasteiger partial charge in [-0.05, 0) is 104 Å². The Morgan fingerprint density at radius 2 is 1.79 bits per heavy atom. The van der Waals surface area contributed by atoms with E-state index in [0.29, 0.717) is 41.1 Å². The Hall–Kier alpha value is -0.610. The largest absolute Gasteiger partial charge is 0.481 e. The summed E-state index contributed by atoms with van der Waals surface area (Å²) in [5, 5.41) is 19.3. The van der Waals surface area contributed by atoms with E-state index >= 15 is 0 Å². The fourth-order valence-corrected chi connectivity index (χ4v) is 9.52. The van der Waals surface area contributed by atoms with Crippen molar-refractivity contribution in [1.82, 2.24) is 0 Å². The molecule has 0 aromatic carbocycles. The van der Waals surface area contributed by atoms with E-state index < -0.39 is 5.97 Å². The quantitative estimate of drug-likeness (QED) is 0.703. The molecule has 1 heterocycles. The van der Waals surface area contributed by atoms with Gasteiger partial charge in [-0.3, -0.25) is 4.79 Å². The van der Waals surface area contributed by atoms with Gasteiger partial charge in [0.15, 0.2) is 0 Å². The second-order valence-electron chi connectivity index (χ2n) is 11.9. The maximum atomic E-state index is 11.1. The molecule has 1 saturated heterocycles. The molecule has 0 radical (unpaired) electrons. The highest BCUT2D eigenvalue weighted by Gasteiger charge is 2.65. The first-order chi connectivity index (χ1) is 13.7. The first-order valence-electron chi connectivity index (χ1n) is 12.3. The summed E-state index contributed by atoms with van der Waals surface area (Å²) in [6.45, 7) is 7.44. The van der Waals surface area contributed by atoms with Crippen molar-refractivity contribution in [3.05, 3.63) is 0 Å². The summed E-state index contributed by atoms with van der Waals surface area (Å²) < 4.78 is 6.53. The van der Waals surface area contributed by atoms with Crippen LogP contribution in [0.15, 0.2) is 0 Å². The zero-order chi connectivity index (χ0) is 20.6. The Labute approximate surface area is 175 Å². The summed E-state index contributed by atoms with van der Waals surface area (Å²) in [4.78, 5) is 11.1. The highest BCUT2D eigenvalue weighted by molar-refractivity contribution is 5.66. The lowest BCUT2D eigenvalue weighted by Gasteiger charge is -2.61. The van der Waals surface area contributed by atoms with E-state index in [1.165, 1.54) is 38.5 Å². The number of hydrogen-bond acceptors (Lipinski definition) is 3. The smallest absolute Gasteiger partial charge is 0.303 e. The van der Waals surface area contributed by atoms with Gasteiger partial charge in [0, 0.05) is 6.42 Å². The van der Waals surface area contributed by atoms with Crippen LogP contribution >= 0.6 is 0 Å². The average molecular weight is 405 g/mol. The number of rotatable bonds is 3. The predicted octanol–water partition coefficient (Wildman–Crippen LogP) is 4.88. The zero-order valence-corrected chi connectivity index (χ0v) is 18.5. The highest BCUT2D eigenvalue weighted by Crippen LogP contribution is 2.70. The summed E-state index contributed by atoms with van der Waals surface area (Å²) >= 11 is 0. The second-order valence-corrected chi connectivity index (χ2v) is 11.9. The minimum Gasteiger partial charge on any atom is -0.481 e. The van der Waals surface area contributed by atoms with Gasteiger partial charge in [-0.15, -0.1) is 0 Å². The number of aliphatic hydroxyl groups excluding tert-OH is 1. The summed E-state index contributed by atoms with van der Waals surface area (Å²) in [5.41, 5.74) is 0.790. The van der Waals surface area contributed by atoms with Gasteiger partial charge in [-0.25, -0.2) is 0 Å². The van der Waals surface area contributed by atoms with Gasteiger partial charge in [0.1, 0.15) is 0 Å². The lowest BCUT2D eigenvalue weighted by molar-refractivity contribution is -0.138. The molecule has 164 valence electrons. The molecule has 4 aliphatic carbocycles. The first-order valence-corrected chi connectivity index (χ1v) is 12.3. The molecule has 0 amide bonds. The van der Waals surface area contributed by atoms with E-state index in [2.05, 4.69) is 20.8 Å². The number of ether oxygens (including phenoxy) is 1. The molecule has 0 bridgehead atoms. The van der Waals surface area contributed by atoms with Crippen LogP contribution in [0.2, 0.25) is 0 Å². The van der Waals surface area contributed by atoms with Crippen LogP contribution in [0.1, 0.15) is 85.0 Å². The number of carboxylic acid groups (broad SMARTS) is 1. The molecule has 0 aromatic rings. The summed E-state index contributed by atoms with van der Waals surface area (Å²) in [6, 6.07) is 0. The SMILES string of the molecule is C[C@H]1[C@H]2[C@H](C[C@H]3[C@@H]4CC[C@H]5C[C@@H](O)CC[C@]5(C)[C@H]4CC[C@]23C)O[C@@H]1CCC(=O)O. The summed E-state index contributed by atoms with van der Waals surface area (Å²) in [5.74, 6) is 3.50. The maximum Gasteiger partial charge on any atom is 0.303 e. The van der Waals surface area contributed by atoms with Gasteiger partial charge in [-0.2, -0.15) is 0 Å². The summed E-state index contributed by atoms with van der Waals surface area (Å²) in [7, 11) is 0. The Bertz CT molecular complexity index is 663. The number of fused-ring (bicyclic) bond motifs is 7. The molecule has 1 aliphatic heterocycles. The molecule has 5 fully saturated rings. The van der Waals surface area contributed by atoms with Crippen LogP contribution in [-0.2, 0) is 9.53 Å². The topological polar surface area (TPSA) is 66.8 Å². The van der Waals surface area contributed by atoms with Gasteiger partial charge in [0.05, 0.1) is 18.3 Å². The van der Waals surface area contributed by atoms with Crippen molar-refractivity contribution >= 4 is 5.97 Å². The number of aliphatic carboxylic acids is 1. The molecule has 2 N–H and O–H groups in total. The van der Waals surface area contributed by atoms with E-state index in [9.17, 15) is 9.90 Å². The minimum atomic E-state index is -0.704. The average Bonchev–Trinajstić information content (AvgIpc) is 3.14. The van der Waals surface area contributed by atoms with Gasteiger partial charge >= 0.3 is 5.97 Å². The molecule has 4 heteroatoms. The van der Waals surface area contributed by atoms with Crippen LogP contribution in [0.3, 0.4) is 0 Å². The Balaban J connectivity index is 1.35. The van der Waals surface area contributed by atoms with Crippen molar-refractivity contribution in [2.75, 3.05) is 0 Å². The standard InChI is InChI=1S/C25H40O4/c1-14-20(6-7-22(27)28)29-21-13-19-17-5-4-15-12-16(26)8-10-24(15,2)18(17)9-11-25(19,3)23(14)21/h14-21,23,26H,4-13H2,1-3H3,(H,27,28)/t14-,15+,16+,17-,18+,19+,20-,21+,23+,24+,25+/m1/s1. The van der Waals surface area contributed by atoms with Crippen LogP contribution in [0.4, 0.5) is 0 Å². The van der Waals surface area contributed by atoms with Crippen LogP contribution in [0, 0.1) is 46.3 Å². The van der Waals surface area contributed by atoms with Gasteiger partial charge < -0.3 is 14.9 Å². The van der Waals surface area contributed by atoms with Crippen LogP contribution in [-0.4, -0.2) is 34.5 Å². The van der Waals surface area contributed by atoms with Gasteiger partial charge in [0.2, 0.25) is 0 Å². The maximum absolute atomic E-state index is 11.1. The third kappa shape index (κ3) is 2.95. The molecule has 5 aliphatic rings. The van der Waals surface area contributed by atoms with Crippen LogP contribution in [0.5, 0.6) is 0 Å². The Morgan fingerprint density at radius 3 is 2.55 bits per heavy atom. The minimum absolute atomic E-state index is 0.0682. The second kappa shape index (κ2) is 6.95. The number of carbonyl (C=O) groups is 1. The van der Waals surface area contributed by atoms with E-state index in [4.69, 9.17) is 9.84 Å². The van der Waals surface area contributed by atoms with Crippen molar-refractivity contribution in [2.24, 2.45) is 46.3 Å². The third-order valence-electron chi connectivity index (χ3n) is 10.9. The molecular formula is C25H40O4. The van der Waals surface area contributed by atoms with Crippen molar-refractivity contribution in [2.45, 2.75) is 103 Å². The van der Waals surface area contributed by atoms with Crippen molar-refractivity contribution in [3.8, 4) is 0 Å². The molecule has 4 nitrogen and oxygen atoms in total. The fraction of sp³-hybridized carbons (Fsp3) is 0.960. The molecule has 0 spiro atoms. The summed E-state index contributed by atoms with van der Waals surface area (Å²) in [6.07, 6.45) is 11.0. The van der Waals surface area contributed by atoms with Crippen LogP contribution < -0.4 is 0 Å². The van der Waals surface area contributed by atoms with Crippen molar-refractivity contribution in [1.29, 1.82) is 0 Å². The molecule has 0 aromatic heterocycles. The predicted molar refractivity (Wildman–Crippen MR) is 111 cm³/mol. The monoisotopic (exact) mass is 404 g/mol. The molecule has 11 atom stereocenters. The Kier molecular flexibility index (Phi) is 4.87. The van der Waals surface area contributed by atoms with E-state index in [1.54, 1.807) is 0 Å². The van der Waals surface area contributed by atoms with E-state index in [-0.39, 0.29) is 18.6 Å². The van der Waals surface area contributed by atoms with Gasteiger partial charge in [-0.1, -0.05) is 20.8 Å². The molecule has 4 saturated carbocycles. The van der Waals surface area contributed by atoms with Gasteiger partial charge in [0.25, 0.3) is 0 Å². The molecule has 29 heavy (non-hydrogen) atoms. The molecular weight excluding hydrogens is 364 g/mol. The lowest BCUT2D eigenvalue weighted by atomic mass is 9.44. The van der Waals surface area contributed by atoms with Crippen molar-refractivity contribution < 1.29 is 19.7 Å². The molecule has 0 unspecified atom stereocenters. The zero-order valence-electron chi connectivity index (χ0n) is 18.5. The third-order valence-corrected chi connectivity index (χ3v) is 10.9. The fourth-order valence-electron chi connectivity index (χ4n) is 9.52. The number of hydrogen-bond donors (Lipinski definition) is 2. The normalized spacial score (nSPS) is 56.2. The highest BCUT2D eigenvalue weighted by atomic mass is 16.5. The first kappa shape index (κ1) is 20.3.